The third kappa shape index (κ3) is 4.64. The molecule has 0 bridgehead atoms. The molecule has 7 heteroatoms. The topological polar surface area (TPSA) is 56.6 Å². The number of hydrogen-bond donors (Lipinski definition) is 0. The van der Waals surface area contributed by atoms with Gasteiger partial charge in [0.2, 0.25) is 11.2 Å². The second kappa shape index (κ2) is 8.07. The Morgan fingerprint density at radius 2 is 2.00 bits per heavy atom. The molecule has 0 aromatic carbocycles. The second-order valence-corrected chi connectivity index (χ2v) is 4.03. The summed E-state index contributed by atoms with van der Waals surface area (Å²) in [6, 6.07) is 0. The van der Waals surface area contributed by atoms with E-state index in [1.165, 1.54) is 0 Å². The van der Waals surface area contributed by atoms with Crippen molar-refractivity contribution in [2.24, 2.45) is 0 Å². The predicted octanol–water partition coefficient (Wildman–Crippen LogP) is 0.658. The lowest BCUT2D eigenvalue weighted by Crippen LogP contribution is -2.38. The maximum Gasteiger partial charge on any atom is 0.242 e. The minimum atomic E-state index is -0.0380. The average Bonchev–Trinajstić information content (AvgIpc) is 2.75. The van der Waals surface area contributed by atoms with E-state index in [0.29, 0.717) is 31.6 Å². The molecule has 0 spiro atoms. The molecule has 0 N–H and O–H groups in total. The summed E-state index contributed by atoms with van der Waals surface area (Å²) in [5, 5.41) is 0.307. The van der Waals surface area contributed by atoms with E-state index in [9.17, 15) is 4.79 Å². The van der Waals surface area contributed by atoms with E-state index in [1.807, 2.05) is 0 Å². The summed E-state index contributed by atoms with van der Waals surface area (Å²) in [7, 11) is 3.21. The molecule has 1 aromatic heterocycles. The van der Waals surface area contributed by atoms with Crippen LogP contribution in [0.2, 0.25) is 5.28 Å². The molecule has 102 valence electrons. The lowest BCUT2D eigenvalue weighted by molar-refractivity contribution is -0.133. The number of methoxy groups -OCH3 is 2. The summed E-state index contributed by atoms with van der Waals surface area (Å²) in [4.78, 5) is 17.6. The van der Waals surface area contributed by atoms with Gasteiger partial charge in [0.05, 0.1) is 13.2 Å². The van der Waals surface area contributed by atoms with Crippen LogP contribution in [0.3, 0.4) is 0 Å². The summed E-state index contributed by atoms with van der Waals surface area (Å²) < 4.78 is 11.6. The molecule has 6 nitrogen and oxygen atoms in total. The highest BCUT2D eigenvalue weighted by Gasteiger charge is 2.14. The average molecular weight is 276 g/mol. The molecular formula is C11H18ClN3O3. The molecule has 1 rings (SSSR count). The van der Waals surface area contributed by atoms with E-state index in [4.69, 9.17) is 21.1 Å². The van der Waals surface area contributed by atoms with Gasteiger partial charge in [-0.15, -0.1) is 0 Å². The van der Waals surface area contributed by atoms with Gasteiger partial charge in [-0.1, -0.05) is 0 Å². The van der Waals surface area contributed by atoms with Crippen LogP contribution >= 0.6 is 11.6 Å². The monoisotopic (exact) mass is 275 g/mol. The molecular weight excluding hydrogens is 258 g/mol. The smallest absolute Gasteiger partial charge is 0.242 e. The second-order valence-electron chi connectivity index (χ2n) is 3.69. The first-order valence-corrected chi connectivity index (χ1v) is 5.99. The molecule has 0 saturated heterocycles. The largest absolute Gasteiger partial charge is 0.383 e. The van der Waals surface area contributed by atoms with Crippen LogP contribution in [0.15, 0.2) is 12.4 Å². The van der Waals surface area contributed by atoms with Gasteiger partial charge in [0, 0.05) is 39.7 Å². The van der Waals surface area contributed by atoms with E-state index in [1.54, 1.807) is 36.1 Å². The van der Waals surface area contributed by atoms with Gasteiger partial charge >= 0.3 is 0 Å². The Hall–Kier alpha value is -1.11. The van der Waals surface area contributed by atoms with E-state index in [2.05, 4.69) is 4.98 Å². The molecule has 0 aliphatic carbocycles. The zero-order chi connectivity index (χ0) is 13.4. The molecule has 1 heterocycles. The van der Waals surface area contributed by atoms with E-state index in [-0.39, 0.29) is 12.5 Å². The molecule has 0 aliphatic heterocycles. The van der Waals surface area contributed by atoms with Crippen molar-refractivity contribution >= 4 is 17.5 Å². The fourth-order valence-electron chi connectivity index (χ4n) is 1.44. The predicted molar refractivity (Wildman–Crippen MR) is 67.6 cm³/mol. The Morgan fingerprint density at radius 3 is 2.44 bits per heavy atom. The first kappa shape index (κ1) is 14.9. The van der Waals surface area contributed by atoms with Crippen molar-refractivity contribution in [3.05, 3.63) is 17.7 Å². The number of imidazole rings is 1. The van der Waals surface area contributed by atoms with Crippen LogP contribution in [-0.4, -0.2) is 60.9 Å². The molecule has 0 aliphatic rings. The van der Waals surface area contributed by atoms with Crippen LogP contribution in [0, 0.1) is 0 Å². The maximum absolute atomic E-state index is 12.1. The van der Waals surface area contributed by atoms with Crippen LogP contribution in [0.4, 0.5) is 0 Å². The highest BCUT2D eigenvalue weighted by molar-refractivity contribution is 6.28. The van der Waals surface area contributed by atoms with Gasteiger partial charge in [0.1, 0.15) is 6.54 Å². The minimum Gasteiger partial charge on any atom is -0.383 e. The lowest BCUT2D eigenvalue weighted by Gasteiger charge is -2.22. The number of rotatable bonds is 8. The molecule has 0 radical (unpaired) electrons. The summed E-state index contributed by atoms with van der Waals surface area (Å²) >= 11 is 5.83. The number of ether oxygens (including phenoxy) is 2. The van der Waals surface area contributed by atoms with Crippen molar-refractivity contribution in [2.45, 2.75) is 6.54 Å². The van der Waals surface area contributed by atoms with E-state index < -0.39 is 0 Å². The van der Waals surface area contributed by atoms with Crippen molar-refractivity contribution in [1.82, 2.24) is 14.5 Å². The Bertz CT molecular complexity index is 362. The van der Waals surface area contributed by atoms with Crippen LogP contribution in [0.1, 0.15) is 0 Å². The number of hydrogen-bond acceptors (Lipinski definition) is 4. The van der Waals surface area contributed by atoms with Crippen LogP contribution in [-0.2, 0) is 20.8 Å². The number of aromatic nitrogens is 2. The van der Waals surface area contributed by atoms with Gasteiger partial charge in [0.15, 0.2) is 0 Å². The third-order valence-corrected chi connectivity index (χ3v) is 2.77. The van der Waals surface area contributed by atoms with Crippen LogP contribution in [0.5, 0.6) is 0 Å². The summed E-state index contributed by atoms with van der Waals surface area (Å²) in [5.74, 6) is -0.0380. The molecule has 0 saturated carbocycles. The fourth-order valence-corrected chi connectivity index (χ4v) is 1.61. The van der Waals surface area contributed by atoms with Gasteiger partial charge in [-0.25, -0.2) is 4.98 Å². The Balaban J connectivity index is 2.55. The minimum absolute atomic E-state index is 0.0380. The van der Waals surface area contributed by atoms with E-state index >= 15 is 0 Å². The number of nitrogens with zero attached hydrogens (tertiary/aromatic N) is 3. The maximum atomic E-state index is 12.1. The Labute approximate surface area is 111 Å². The number of amides is 1. The van der Waals surface area contributed by atoms with Crippen molar-refractivity contribution in [3.8, 4) is 0 Å². The van der Waals surface area contributed by atoms with Crippen molar-refractivity contribution in [3.63, 3.8) is 0 Å². The van der Waals surface area contributed by atoms with Gasteiger partial charge in [0.25, 0.3) is 0 Å². The SMILES string of the molecule is COCCN(CCOC)C(=O)Cn1ccnc1Cl. The first-order valence-electron chi connectivity index (χ1n) is 5.61. The van der Waals surface area contributed by atoms with Gasteiger partial charge < -0.3 is 18.9 Å². The molecule has 0 unspecified atom stereocenters. The van der Waals surface area contributed by atoms with Crippen LogP contribution in [0.25, 0.3) is 0 Å². The van der Waals surface area contributed by atoms with Gasteiger partial charge in [-0.05, 0) is 11.6 Å². The third-order valence-electron chi connectivity index (χ3n) is 2.45. The van der Waals surface area contributed by atoms with E-state index in [0.717, 1.165) is 0 Å². The van der Waals surface area contributed by atoms with Gasteiger partial charge in [-0.3, -0.25) is 4.79 Å². The number of carbonyl (C=O) groups is 1. The molecule has 0 fully saturated rings. The quantitative estimate of drug-likeness (QED) is 0.699. The summed E-state index contributed by atoms with van der Waals surface area (Å²) in [6.45, 7) is 2.22. The Kier molecular flexibility index (Phi) is 6.70. The van der Waals surface area contributed by atoms with Crippen molar-refractivity contribution in [1.29, 1.82) is 0 Å². The van der Waals surface area contributed by atoms with Crippen LogP contribution < -0.4 is 0 Å². The lowest BCUT2D eigenvalue weighted by atomic mass is 10.4. The summed E-state index contributed by atoms with van der Waals surface area (Å²) in [6.07, 6.45) is 3.23. The van der Waals surface area contributed by atoms with Crippen molar-refractivity contribution in [2.75, 3.05) is 40.5 Å². The molecule has 1 amide bonds. The molecule has 0 atom stereocenters. The molecule has 1 aromatic rings. The fraction of sp³-hybridized carbons (Fsp3) is 0.636. The highest BCUT2D eigenvalue weighted by atomic mass is 35.5. The Morgan fingerprint density at radius 1 is 1.39 bits per heavy atom. The zero-order valence-corrected chi connectivity index (χ0v) is 11.4. The van der Waals surface area contributed by atoms with Gasteiger partial charge in [-0.2, -0.15) is 0 Å². The highest BCUT2D eigenvalue weighted by Crippen LogP contribution is 2.05. The standard InChI is InChI=1S/C11H18ClN3O3/c1-17-7-5-14(6-8-18-2)10(16)9-15-4-3-13-11(15)12/h3-4H,5-9H2,1-2H3. The zero-order valence-electron chi connectivity index (χ0n) is 10.6. The number of carbonyl (C=O) groups excluding carboxylic acids is 1. The normalized spacial score (nSPS) is 10.6. The molecule has 18 heavy (non-hydrogen) atoms. The summed E-state index contributed by atoms with van der Waals surface area (Å²) in [5.41, 5.74) is 0. The number of halogens is 1. The first-order chi connectivity index (χ1) is 8.69. The van der Waals surface area contributed by atoms with Crippen molar-refractivity contribution < 1.29 is 14.3 Å².